The number of likely N-dealkylation sites (tertiary alicyclic amines) is 1. The molecule has 2 rings (SSSR count). The van der Waals surface area contributed by atoms with Gasteiger partial charge >= 0.3 is 0 Å². The second-order valence-electron chi connectivity index (χ2n) is 3.50. The van der Waals surface area contributed by atoms with Crippen molar-refractivity contribution < 1.29 is 9.72 Å². The number of nitro groups is 1. The Labute approximate surface area is 85.0 Å². The van der Waals surface area contributed by atoms with Gasteiger partial charge in [-0.3, -0.25) is 14.9 Å². The van der Waals surface area contributed by atoms with Crippen molar-refractivity contribution in [1.82, 2.24) is 9.88 Å². The van der Waals surface area contributed by atoms with Crippen molar-refractivity contribution >= 4 is 11.6 Å². The van der Waals surface area contributed by atoms with Crippen LogP contribution in [-0.2, 0) is 0 Å². The fourth-order valence-corrected chi connectivity index (χ4v) is 1.46. The highest BCUT2D eigenvalue weighted by Crippen LogP contribution is 2.16. The smallest absolute Gasteiger partial charge is 0.287 e. The summed E-state index contributed by atoms with van der Waals surface area (Å²) in [5.74, 6) is -0.246. The number of amides is 1. The Hall–Kier alpha value is -1.89. The van der Waals surface area contributed by atoms with Gasteiger partial charge in [0.2, 0.25) is 0 Å². The first-order chi connectivity index (χ1) is 7.08. The molecule has 0 spiro atoms. The molecule has 1 aliphatic heterocycles. The summed E-state index contributed by atoms with van der Waals surface area (Å²) in [7, 11) is 0. The second kappa shape index (κ2) is 3.35. The van der Waals surface area contributed by atoms with Crippen molar-refractivity contribution in [3.8, 4) is 0 Å². The van der Waals surface area contributed by atoms with E-state index in [1.54, 1.807) is 4.90 Å². The molecule has 1 saturated heterocycles. The van der Waals surface area contributed by atoms with Gasteiger partial charge in [0.1, 0.15) is 5.69 Å². The lowest BCUT2D eigenvalue weighted by Crippen LogP contribution is -2.57. The Morgan fingerprint density at radius 2 is 2.33 bits per heavy atom. The summed E-state index contributed by atoms with van der Waals surface area (Å²) in [4.78, 5) is 25.6. The molecule has 0 atom stereocenters. The van der Waals surface area contributed by atoms with Gasteiger partial charge in [0.05, 0.1) is 11.1 Å². The summed E-state index contributed by atoms with van der Waals surface area (Å²) >= 11 is 0. The average molecular weight is 210 g/mol. The molecule has 1 amide bonds. The molecule has 1 aromatic heterocycles. The zero-order chi connectivity index (χ0) is 11.0. The van der Waals surface area contributed by atoms with Crippen molar-refractivity contribution in [1.29, 1.82) is 0 Å². The monoisotopic (exact) mass is 210 g/mol. The second-order valence-corrected chi connectivity index (χ2v) is 3.50. The lowest BCUT2D eigenvalue weighted by atomic mass is 10.1. The van der Waals surface area contributed by atoms with Crippen molar-refractivity contribution in [2.45, 2.75) is 6.04 Å². The van der Waals surface area contributed by atoms with Crippen LogP contribution in [0.2, 0.25) is 0 Å². The summed E-state index contributed by atoms with van der Waals surface area (Å²) in [6.07, 6.45) is 1.20. The number of H-pyrrole nitrogens is 1. The molecular formula is C8H10N4O3. The molecule has 80 valence electrons. The minimum absolute atomic E-state index is 0.0268. The SMILES string of the molecule is NC1CN(C(=O)c2cc([N+](=O)[O-])c[nH]2)C1. The van der Waals surface area contributed by atoms with E-state index in [1.807, 2.05) is 0 Å². The predicted molar refractivity (Wildman–Crippen MR) is 51.3 cm³/mol. The van der Waals surface area contributed by atoms with Crippen molar-refractivity contribution in [2.24, 2.45) is 5.73 Å². The normalized spacial score (nSPS) is 16.2. The molecule has 1 fully saturated rings. The zero-order valence-corrected chi connectivity index (χ0v) is 7.84. The van der Waals surface area contributed by atoms with E-state index in [2.05, 4.69) is 4.98 Å². The number of hydrogen-bond donors (Lipinski definition) is 2. The molecule has 3 N–H and O–H groups in total. The van der Waals surface area contributed by atoms with Gasteiger partial charge in [0.25, 0.3) is 11.6 Å². The Kier molecular flexibility index (Phi) is 2.16. The van der Waals surface area contributed by atoms with Gasteiger partial charge in [-0.05, 0) is 0 Å². The number of rotatable bonds is 2. The molecule has 7 heteroatoms. The van der Waals surface area contributed by atoms with Crippen LogP contribution >= 0.6 is 0 Å². The first kappa shape index (κ1) is 9.66. The van der Waals surface area contributed by atoms with Crippen LogP contribution in [0.5, 0.6) is 0 Å². The number of hydrogen-bond acceptors (Lipinski definition) is 4. The molecule has 1 aliphatic rings. The van der Waals surface area contributed by atoms with Crippen molar-refractivity contribution in [2.75, 3.05) is 13.1 Å². The van der Waals surface area contributed by atoms with Crippen LogP contribution in [0.1, 0.15) is 10.5 Å². The van der Waals surface area contributed by atoms with E-state index in [0.29, 0.717) is 13.1 Å². The third kappa shape index (κ3) is 1.68. The Morgan fingerprint density at radius 1 is 1.67 bits per heavy atom. The third-order valence-corrected chi connectivity index (χ3v) is 2.31. The van der Waals surface area contributed by atoms with E-state index in [4.69, 9.17) is 5.73 Å². The lowest BCUT2D eigenvalue weighted by molar-refractivity contribution is -0.384. The summed E-state index contributed by atoms with van der Waals surface area (Å²) in [6.45, 7) is 1.01. The summed E-state index contributed by atoms with van der Waals surface area (Å²) in [5.41, 5.74) is 5.65. The van der Waals surface area contributed by atoms with E-state index < -0.39 is 4.92 Å². The number of carbonyl (C=O) groups excluding carboxylic acids is 1. The van der Waals surface area contributed by atoms with Crippen LogP contribution in [0, 0.1) is 10.1 Å². The van der Waals surface area contributed by atoms with Crippen molar-refractivity contribution in [3.05, 3.63) is 28.1 Å². The predicted octanol–water partition coefficient (Wildman–Crippen LogP) is -0.294. The summed E-state index contributed by atoms with van der Waals surface area (Å²) < 4.78 is 0. The van der Waals surface area contributed by atoms with E-state index in [0.717, 1.165) is 0 Å². The van der Waals surface area contributed by atoms with Crippen molar-refractivity contribution in [3.63, 3.8) is 0 Å². The molecule has 1 aromatic rings. The number of carbonyl (C=O) groups is 1. The van der Waals surface area contributed by atoms with Crippen LogP contribution < -0.4 is 5.73 Å². The Bertz CT molecular complexity index is 408. The first-order valence-electron chi connectivity index (χ1n) is 4.45. The number of nitrogens with one attached hydrogen (secondary N) is 1. The highest BCUT2D eigenvalue weighted by atomic mass is 16.6. The standard InChI is InChI=1S/C8H10N4O3/c9-5-3-11(4-5)8(13)7-1-6(2-10-7)12(14)15/h1-2,5,10H,3-4,9H2. The third-order valence-electron chi connectivity index (χ3n) is 2.31. The quantitative estimate of drug-likeness (QED) is 0.516. The molecule has 2 heterocycles. The average Bonchev–Trinajstić information content (AvgIpc) is 2.60. The fourth-order valence-electron chi connectivity index (χ4n) is 1.46. The van der Waals surface area contributed by atoms with E-state index in [1.165, 1.54) is 12.3 Å². The van der Waals surface area contributed by atoms with Crippen LogP contribution in [-0.4, -0.2) is 39.8 Å². The highest BCUT2D eigenvalue weighted by molar-refractivity contribution is 5.93. The van der Waals surface area contributed by atoms with Gasteiger partial charge in [-0.15, -0.1) is 0 Å². The van der Waals surface area contributed by atoms with Gasteiger partial charge in [-0.2, -0.15) is 0 Å². The van der Waals surface area contributed by atoms with Gasteiger partial charge in [0.15, 0.2) is 0 Å². The van der Waals surface area contributed by atoms with E-state index in [-0.39, 0.29) is 23.3 Å². The minimum Gasteiger partial charge on any atom is -0.351 e. The van der Waals surface area contributed by atoms with Gasteiger partial charge in [0, 0.05) is 25.2 Å². The zero-order valence-electron chi connectivity index (χ0n) is 7.84. The molecule has 7 nitrogen and oxygen atoms in total. The molecule has 0 aromatic carbocycles. The maximum absolute atomic E-state index is 11.6. The molecule has 0 bridgehead atoms. The van der Waals surface area contributed by atoms with Gasteiger partial charge in [-0.1, -0.05) is 0 Å². The minimum atomic E-state index is -0.547. The highest BCUT2D eigenvalue weighted by Gasteiger charge is 2.29. The number of nitrogens with two attached hydrogens (primary N) is 1. The summed E-state index contributed by atoms with van der Waals surface area (Å²) in [5, 5.41) is 10.4. The van der Waals surface area contributed by atoms with Crippen LogP contribution in [0.25, 0.3) is 0 Å². The molecule has 0 radical (unpaired) electrons. The van der Waals surface area contributed by atoms with E-state index in [9.17, 15) is 14.9 Å². The lowest BCUT2D eigenvalue weighted by Gasteiger charge is -2.36. The Morgan fingerprint density at radius 3 is 2.80 bits per heavy atom. The molecular weight excluding hydrogens is 200 g/mol. The number of aromatic nitrogens is 1. The number of aromatic amines is 1. The van der Waals surface area contributed by atoms with Gasteiger partial charge in [-0.25, -0.2) is 0 Å². The molecule has 0 unspecified atom stereocenters. The van der Waals surface area contributed by atoms with Crippen LogP contribution in [0.3, 0.4) is 0 Å². The fraction of sp³-hybridized carbons (Fsp3) is 0.375. The molecule has 0 aliphatic carbocycles. The summed E-state index contributed by atoms with van der Waals surface area (Å²) in [6, 6.07) is 1.26. The maximum atomic E-state index is 11.6. The maximum Gasteiger partial charge on any atom is 0.287 e. The number of nitrogens with zero attached hydrogens (tertiary/aromatic N) is 2. The van der Waals surface area contributed by atoms with Gasteiger partial charge < -0.3 is 15.6 Å². The molecule has 15 heavy (non-hydrogen) atoms. The van der Waals surface area contributed by atoms with Crippen LogP contribution in [0.4, 0.5) is 5.69 Å². The molecule has 0 saturated carbocycles. The topological polar surface area (TPSA) is 105 Å². The van der Waals surface area contributed by atoms with Crippen LogP contribution in [0.15, 0.2) is 12.3 Å². The Balaban J connectivity index is 2.09. The van der Waals surface area contributed by atoms with E-state index >= 15 is 0 Å². The first-order valence-corrected chi connectivity index (χ1v) is 4.45. The largest absolute Gasteiger partial charge is 0.351 e.